The number of amides is 5. The molecule has 0 unspecified atom stereocenters. The molecule has 5 saturated heterocycles. The van der Waals surface area contributed by atoms with Gasteiger partial charge >= 0.3 is 24.3 Å². The van der Waals surface area contributed by atoms with Crippen molar-refractivity contribution in [2.75, 3.05) is 38.0 Å². The molecular weight excluding hydrogens is 2070 g/mol. The van der Waals surface area contributed by atoms with Crippen LogP contribution < -0.4 is 10.6 Å². The van der Waals surface area contributed by atoms with Crippen LogP contribution in [0.5, 0.6) is 0 Å². The molecule has 5 aliphatic heterocycles. The Morgan fingerprint density at radius 3 is 1.12 bits per heavy atom. The zero-order chi connectivity index (χ0) is 103. The van der Waals surface area contributed by atoms with E-state index in [4.69, 9.17) is 95.4 Å². The second kappa shape index (κ2) is 52.9. The first-order valence-corrected chi connectivity index (χ1v) is 51.5. The van der Waals surface area contributed by atoms with E-state index >= 15 is 0 Å². The van der Waals surface area contributed by atoms with Crippen molar-refractivity contribution in [3.8, 4) is 0 Å². The van der Waals surface area contributed by atoms with Crippen LogP contribution in [0.2, 0.25) is 35.2 Å². The number of rotatable bonds is 23. The molecule has 0 aliphatic carbocycles. The molecule has 10 aromatic carbocycles. The summed E-state index contributed by atoms with van der Waals surface area (Å²) >= 11 is 44.7. The summed E-state index contributed by atoms with van der Waals surface area (Å²) < 4.78 is 55.1. The van der Waals surface area contributed by atoms with Gasteiger partial charge in [-0.2, -0.15) is 4.99 Å². The quantitative estimate of drug-likeness (QED) is 0.0343. The highest BCUT2D eigenvalue weighted by atomic mass is 79.9. The van der Waals surface area contributed by atoms with Crippen molar-refractivity contribution in [2.24, 2.45) is 4.99 Å². The van der Waals surface area contributed by atoms with Gasteiger partial charge in [-0.3, -0.25) is 14.7 Å². The van der Waals surface area contributed by atoms with Gasteiger partial charge in [0.15, 0.2) is 5.82 Å². The standard InChI is InChI=1S/C23H24ClN3O2.C22H21BrClN3O2.C22H21Cl2FN4O.C22H22ClN3O2.C15H18ClN3.C7H3ClFNO/c1-17-14-25-22(27(17)15-18-9-11-20(24)12-10-18)21-8-5-13-26(21)23(28)29-16-19-6-3-2-4-7-19;23-20-13-25-21(27(20)14-16-8-10-18(24)11-9-16)19-7-4-12-26(19)22(28)29-15-17-5-2-1-3-6-17;1-14-12-26-21(29(14)13-15-4-6-16(23)7-5-15)20-3-2-10-28(20)22(30)27-19-9-8-17(24)11-18(19)25;23-19-10-8-17(9-11-19)15-25-14-12-24-21(25)20-7-4-13-26(20)22(27)28-16-18-5-2-1-3-6-18;1-11-9-18-15(14-3-2-8-17-14)19(11)10-12-4-6-13(16)7-5-12;8-5-1-2-7(10-4-11)6(9)3-5/h2-4,6-7,9-12,14,21H,5,8,13,15-16H2,1H3;1-3,5-6,8-11,13,19H,4,7,12,14-15H2;4-9,11-12,20H,2-3,10,13H2,1H3,(H,27,30);1-3,5-6,8-12,14,20H,4,7,13,15-16H2;4-7,9,14,17H,2-3,8,10H2,1H3;1-3H/t21-;19-;2*20-;14-;/m11111./s1. The Balaban J connectivity index is 0.000000134. The van der Waals surface area contributed by atoms with Crippen molar-refractivity contribution >= 4 is 139 Å². The van der Waals surface area contributed by atoms with Crippen molar-refractivity contribution in [1.29, 1.82) is 0 Å². The normalized spacial score (nSPS) is 16.0. The van der Waals surface area contributed by atoms with Gasteiger partial charge in [0.25, 0.3) is 0 Å². The minimum Gasteiger partial charge on any atom is -0.445 e. The largest absolute Gasteiger partial charge is 0.445 e. The third-order valence-electron chi connectivity index (χ3n) is 25.5. The number of nitrogens with one attached hydrogen (secondary N) is 2. The van der Waals surface area contributed by atoms with Crippen LogP contribution in [0.15, 0.2) is 295 Å². The Hall–Kier alpha value is -13.0. The van der Waals surface area contributed by atoms with E-state index in [0.717, 1.165) is 170 Å². The fraction of sp³-hybridized carbons (Fsp3) is 0.279. The number of nitrogens with zero attached hydrogens (tertiary/aromatic N) is 15. The number of aryl methyl sites for hydroxylation is 3. The van der Waals surface area contributed by atoms with Crippen molar-refractivity contribution in [3.05, 3.63) is 428 Å². The number of isocyanates is 1. The highest BCUT2D eigenvalue weighted by molar-refractivity contribution is 9.10. The Morgan fingerprint density at radius 2 is 0.733 bits per heavy atom. The lowest BCUT2D eigenvalue weighted by molar-refractivity contribution is 0.0897. The molecule has 0 bridgehead atoms. The molecule has 0 spiro atoms. The average Bonchev–Trinajstić information content (AvgIpc) is 1.65. The molecule has 5 aromatic heterocycles. The smallest absolute Gasteiger partial charge is 0.410 e. The van der Waals surface area contributed by atoms with Gasteiger partial charge in [-0.25, -0.2) is 57.7 Å². The number of urea groups is 1. The number of aliphatic imine (C=N–C) groups is 1. The van der Waals surface area contributed by atoms with Crippen LogP contribution in [-0.4, -0.2) is 130 Å². The van der Waals surface area contributed by atoms with Crippen LogP contribution in [0.3, 0.4) is 0 Å². The van der Waals surface area contributed by atoms with Crippen molar-refractivity contribution in [2.45, 2.75) is 168 Å². The fourth-order valence-electron chi connectivity index (χ4n) is 18.0. The van der Waals surface area contributed by atoms with Crippen molar-refractivity contribution < 1.29 is 47.0 Å². The molecule has 35 heteroatoms. The minimum atomic E-state index is -0.624. The molecule has 5 amide bonds. The van der Waals surface area contributed by atoms with Crippen LogP contribution in [0.1, 0.15) is 185 Å². The number of halogens is 10. The van der Waals surface area contributed by atoms with E-state index in [1.165, 1.54) is 54.4 Å². The highest BCUT2D eigenvalue weighted by Gasteiger charge is 2.39. The topological polar surface area (TPSA) is 252 Å². The molecule has 5 atom stereocenters. The number of anilines is 1. The molecule has 2 N–H and O–H groups in total. The van der Waals surface area contributed by atoms with Crippen LogP contribution in [0, 0.1) is 32.4 Å². The molecule has 15 aromatic rings. The zero-order valence-electron chi connectivity index (χ0n) is 80.5. The Morgan fingerprint density at radius 1 is 0.390 bits per heavy atom. The predicted molar refractivity (Wildman–Crippen MR) is 570 cm³/mol. The van der Waals surface area contributed by atoms with Gasteiger partial charge in [-0.1, -0.05) is 233 Å². The number of aromatic nitrogens is 10. The third kappa shape index (κ3) is 29.5. The highest BCUT2D eigenvalue weighted by Crippen LogP contribution is 2.40. The molecule has 756 valence electrons. The number of benzene rings is 10. The zero-order valence-corrected chi connectivity index (χ0v) is 87.4. The summed E-state index contributed by atoms with van der Waals surface area (Å²) in [6.45, 7) is 14.2. The number of hydrogen-bond donors (Lipinski definition) is 2. The Labute approximate surface area is 890 Å². The Kier molecular flexibility index (Phi) is 38.9. The van der Waals surface area contributed by atoms with Gasteiger partial charge in [0.1, 0.15) is 65.1 Å². The van der Waals surface area contributed by atoms with E-state index in [1.807, 2.05) is 244 Å². The first kappa shape index (κ1) is 107. The lowest BCUT2D eigenvalue weighted by Crippen LogP contribution is -2.35. The van der Waals surface area contributed by atoms with Gasteiger partial charge in [-0.15, -0.1) is 0 Å². The predicted octanol–water partition coefficient (Wildman–Crippen LogP) is 28.1. The van der Waals surface area contributed by atoms with Gasteiger partial charge in [0.05, 0.1) is 42.1 Å². The summed E-state index contributed by atoms with van der Waals surface area (Å²) in [6.07, 6.45) is 21.1. The van der Waals surface area contributed by atoms with E-state index < -0.39 is 11.6 Å². The maximum atomic E-state index is 14.1. The Bertz CT molecular complexity index is 6720. The number of carbonyl (C=O) groups is 4. The number of likely N-dealkylation sites (tertiary alicyclic amines) is 4. The maximum absolute atomic E-state index is 14.1. The molecule has 0 saturated carbocycles. The first-order chi connectivity index (χ1) is 70.8. The SMILES string of the molecule is Cc1cnc([C@H]2CCCN2)n1Cc1ccc(Cl)cc1.Cc1cnc([C@H]2CCCN2C(=O)Nc2ccc(Cl)cc2F)n1Cc1ccc(Cl)cc1.Cc1cnc([C@H]2CCCN2C(=O)OCc2ccccc2)n1Cc1ccc(Cl)cc1.O=C(OCc1ccccc1)N1CCC[C@@H]1c1ncc(Br)n1Cc1ccc(Cl)cc1.O=C(OCc1ccccc1)N1CCC[C@@H]1c1nccn1Cc1ccc(Cl)cc1.O=C=Nc1ccc(Cl)cc1F. The lowest BCUT2D eigenvalue weighted by atomic mass is 10.2. The summed E-state index contributed by atoms with van der Waals surface area (Å²) in [6, 6.07) is 75.9. The number of ether oxygens (including phenoxy) is 3. The van der Waals surface area contributed by atoms with Gasteiger partial charge < -0.3 is 52.6 Å². The van der Waals surface area contributed by atoms with E-state index in [9.17, 15) is 32.8 Å². The molecule has 20 rings (SSSR count). The molecule has 10 heterocycles. The number of carbonyl (C=O) groups excluding carboxylic acids is 5. The number of hydrogen-bond acceptors (Lipinski definition) is 15. The molecule has 5 fully saturated rings. The third-order valence-corrected chi connectivity index (χ3v) is 27.9. The maximum Gasteiger partial charge on any atom is 0.410 e. The first-order valence-electron chi connectivity index (χ1n) is 48.0. The van der Waals surface area contributed by atoms with Crippen LogP contribution in [0.25, 0.3) is 0 Å². The minimum absolute atomic E-state index is 0.0515. The number of imidazole rings is 5. The van der Waals surface area contributed by atoms with Crippen LogP contribution in [-0.2, 0) is 71.5 Å². The summed E-state index contributed by atoms with van der Waals surface area (Å²) in [5.41, 5.74) is 12.0. The van der Waals surface area contributed by atoms with E-state index in [1.54, 1.807) is 33.2 Å². The van der Waals surface area contributed by atoms with Crippen molar-refractivity contribution in [3.63, 3.8) is 0 Å². The molecule has 0 radical (unpaired) electrons. The van der Waals surface area contributed by atoms with Gasteiger partial charge in [0.2, 0.25) is 6.08 Å². The van der Waals surface area contributed by atoms with E-state index in [0.29, 0.717) is 68.4 Å². The van der Waals surface area contributed by atoms with Gasteiger partial charge in [-0.05, 0) is 249 Å². The summed E-state index contributed by atoms with van der Waals surface area (Å²) in [5, 5.41) is 10.4. The summed E-state index contributed by atoms with van der Waals surface area (Å²) in [7, 11) is 0. The molecular formula is C111H109BrCl7F2N17O8. The monoisotopic (exact) mass is 2170 g/mol. The fourth-order valence-corrected chi connectivity index (χ4v) is 19.4. The van der Waals surface area contributed by atoms with Crippen LogP contribution in [0.4, 0.5) is 39.3 Å². The summed E-state index contributed by atoms with van der Waals surface area (Å²) in [5.74, 6) is 3.46. The second-order valence-corrected chi connectivity index (χ2v) is 39.5. The molecule has 25 nitrogen and oxygen atoms in total. The lowest BCUT2D eigenvalue weighted by Gasteiger charge is -2.26. The summed E-state index contributed by atoms with van der Waals surface area (Å²) in [4.78, 5) is 94.1. The average molecular weight is 2180 g/mol. The van der Waals surface area contributed by atoms with Crippen LogP contribution >= 0.6 is 97.1 Å². The van der Waals surface area contributed by atoms with E-state index in [-0.39, 0.29) is 89.7 Å². The molecule has 5 aliphatic rings. The second-order valence-electron chi connectivity index (χ2n) is 35.6. The molecule has 146 heavy (non-hydrogen) atoms. The van der Waals surface area contributed by atoms with Crippen molar-refractivity contribution in [1.82, 2.24) is 72.7 Å². The van der Waals surface area contributed by atoms with E-state index in [2.05, 4.69) is 98.4 Å². The van der Waals surface area contributed by atoms with Gasteiger partial charge in [0, 0.05) is 142 Å².